The molecule has 2 fully saturated rings. The van der Waals surface area contributed by atoms with Gasteiger partial charge in [-0.05, 0) is 88.5 Å². The van der Waals surface area contributed by atoms with E-state index in [1.54, 1.807) is 43.6 Å². The number of carbonyl (C=O) groups is 3. The Morgan fingerprint density at radius 3 is 2.43 bits per heavy atom. The number of fused-ring (bicyclic) bond motifs is 1. The van der Waals surface area contributed by atoms with E-state index in [4.69, 9.17) is 9.72 Å². The van der Waals surface area contributed by atoms with Gasteiger partial charge in [-0.25, -0.2) is 18.7 Å². The molecule has 53 heavy (non-hydrogen) atoms. The number of pyridine rings is 1. The van der Waals surface area contributed by atoms with E-state index < -0.39 is 23.6 Å². The number of aromatic nitrogens is 4. The molecule has 274 valence electrons. The third-order valence-corrected chi connectivity index (χ3v) is 9.62. The van der Waals surface area contributed by atoms with Crippen molar-refractivity contribution in [1.82, 2.24) is 35.1 Å². The number of anilines is 1. The molecule has 5 heterocycles. The summed E-state index contributed by atoms with van der Waals surface area (Å²) in [5.41, 5.74) is 6.75. The van der Waals surface area contributed by atoms with E-state index in [1.807, 2.05) is 24.4 Å². The van der Waals surface area contributed by atoms with Crippen LogP contribution >= 0.6 is 0 Å². The molecule has 2 aliphatic rings. The first-order chi connectivity index (χ1) is 25.5. The summed E-state index contributed by atoms with van der Waals surface area (Å²) in [4.78, 5) is 47.2. The summed E-state index contributed by atoms with van der Waals surface area (Å²) in [6.45, 7) is 8.12. The Balaban J connectivity index is 0.937. The molecule has 0 saturated carbocycles. The number of likely N-dealkylation sites (tertiary alicyclic amines) is 1. The number of ether oxygens (including phenoxy) is 1. The Bertz CT molecular complexity index is 2120. The van der Waals surface area contributed by atoms with Gasteiger partial charge in [-0.15, -0.1) is 0 Å². The normalized spacial score (nSPS) is 17.1. The van der Waals surface area contributed by atoms with Crippen LogP contribution in [-0.4, -0.2) is 67.1 Å². The van der Waals surface area contributed by atoms with Gasteiger partial charge < -0.3 is 15.4 Å². The zero-order chi connectivity index (χ0) is 37.1. The van der Waals surface area contributed by atoms with Crippen LogP contribution in [0.3, 0.4) is 0 Å². The number of imide groups is 1. The fourth-order valence-corrected chi connectivity index (χ4v) is 6.84. The van der Waals surface area contributed by atoms with Gasteiger partial charge in [0.1, 0.15) is 23.8 Å². The number of hydrogen-bond donors (Lipinski definition) is 3. The van der Waals surface area contributed by atoms with Crippen molar-refractivity contribution in [3.05, 3.63) is 102 Å². The highest BCUT2D eigenvalue weighted by Gasteiger charge is 2.27. The maximum atomic E-state index is 15.1. The smallest absolute Gasteiger partial charge is 0.407 e. The molecule has 1 unspecified atom stereocenters. The van der Waals surface area contributed by atoms with Crippen molar-refractivity contribution < 1.29 is 23.5 Å². The van der Waals surface area contributed by atoms with Gasteiger partial charge in [0.25, 0.3) is 0 Å². The fraction of sp³-hybridized carbons (Fsp3) is 0.350. The van der Waals surface area contributed by atoms with Gasteiger partial charge in [0, 0.05) is 54.0 Å². The van der Waals surface area contributed by atoms with Crippen molar-refractivity contribution in [2.75, 3.05) is 18.4 Å². The van der Waals surface area contributed by atoms with Gasteiger partial charge in [0.05, 0.1) is 23.1 Å². The largest absolute Gasteiger partial charge is 0.444 e. The van der Waals surface area contributed by atoms with Crippen LogP contribution in [0, 0.1) is 5.82 Å². The molecule has 0 radical (unpaired) electrons. The predicted octanol–water partition coefficient (Wildman–Crippen LogP) is 6.22. The third kappa shape index (κ3) is 8.69. The third-order valence-electron chi connectivity index (χ3n) is 9.62. The second kappa shape index (κ2) is 15.1. The van der Waals surface area contributed by atoms with Gasteiger partial charge in [-0.3, -0.25) is 24.8 Å². The lowest BCUT2D eigenvalue weighted by Gasteiger charge is -2.31. The summed E-state index contributed by atoms with van der Waals surface area (Å²) >= 11 is 0. The summed E-state index contributed by atoms with van der Waals surface area (Å²) in [5.74, 6) is -0.587. The number of amides is 3. The molecular formula is C40H43FN8O4. The Hall–Kier alpha value is -5.69. The summed E-state index contributed by atoms with van der Waals surface area (Å²) in [5, 5.41) is 12.6. The molecule has 0 spiro atoms. The van der Waals surface area contributed by atoms with E-state index in [-0.39, 0.29) is 18.4 Å². The lowest BCUT2D eigenvalue weighted by molar-refractivity contribution is -0.133. The minimum atomic E-state index is -0.640. The predicted molar refractivity (Wildman–Crippen MR) is 198 cm³/mol. The van der Waals surface area contributed by atoms with Crippen LogP contribution in [0.25, 0.3) is 27.9 Å². The first kappa shape index (κ1) is 35.7. The van der Waals surface area contributed by atoms with E-state index in [2.05, 4.69) is 55.2 Å². The Kier molecular flexibility index (Phi) is 10.2. The molecule has 3 aromatic heterocycles. The molecule has 13 heteroatoms. The first-order valence-electron chi connectivity index (χ1n) is 17.9. The molecule has 5 aromatic rings. The molecule has 2 aliphatic heterocycles. The van der Waals surface area contributed by atoms with Crippen molar-refractivity contribution in [2.45, 2.75) is 77.1 Å². The average molecular weight is 719 g/mol. The molecule has 0 bridgehead atoms. The molecule has 2 saturated heterocycles. The second-order valence-electron chi connectivity index (χ2n) is 14.7. The molecule has 3 amide bonds. The number of rotatable bonds is 9. The lowest BCUT2D eigenvalue weighted by Crippen LogP contribution is -2.47. The zero-order valence-electron chi connectivity index (χ0n) is 30.1. The maximum Gasteiger partial charge on any atom is 0.407 e. The van der Waals surface area contributed by atoms with E-state index in [9.17, 15) is 14.4 Å². The summed E-state index contributed by atoms with van der Waals surface area (Å²) in [7, 11) is 0. The highest BCUT2D eigenvalue weighted by molar-refractivity contribution is 6.01. The van der Waals surface area contributed by atoms with Gasteiger partial charge in [0.15, 0.2) is 0 Å². The van der Waals surface area contributed by atoms with Crippen molar-refractivity contribution in [1.29, 1.82) is 0 Å². The Morgan fingerprint density at radius 2 is 1.74 bits per heavy atom. The Labute approximate surface area is 307 Å². The minimum Gasteiger partial charge on any atom is -0.444 e. The SMILES string of the molecule is CC(C)(C)OC(=O)NCc1ccc(-c2ncnn3cc(-c4ccc(CN5CCC(c6ccc(NC7CCC(=O)NC7=O)cn6)CC5)cc4)cc23)cc1F. The van der Waals surface area contributed by atoms with Gasteiger partial charge in [-0.1, -0.05) is 36.4 Å². The summed E-state index contributed by atoms with van der Waals surface area (Å²) in [6.07, 6.45) is 7.42. The molecule has 2 aromatic carbocycles. The maximum absolute atomic E-state index is 15.1. The van der Waals surface area contributed by atoms with E-state index in [0.717, 1.165) is 60.5 Å². The van der Waals surface area contributed by atoms with Crippen LogP contribution in [0.15, 0.2) is 79.4 Å². The van der Waals surface area contributed by atoms with E-state index in [1.165, 1.54) is 18.0 Å². The van der Waals surface area contributed by atoms with Crippen molar-refractivity contribution in [3.8, 4) is 22.4 Å². The monoisotopic (exact) mass is 718 g/mol. The van der Waals surface area contributed by atoms with Crippen LogP contribution in [0.2, 0.25) is 0 Å². The molecule has 0 aliphatic carbocycles. The zero-order valence-corrected chi connectivity index (χ0v) is 30.1. The molecule has 7 rings (SSSR count). The standard InChI is InChI=1S/C40H43FN8O4/c1-40(2,3)53-39(52)43-20-29-9-8-28(18-32(29)41)37-35-19-30(23-49(35)45-24-44-37)26-6-4-25(5-7-26)22-48-16-14-27(15-17-48)33-11-10-31(21-42-33)46-34-12-13-36(50)47-38(34)51/h4-11,18-19,21,23-24,27,34,46H,12-17,20,22H2,1-3H3,(H,43,52)(H,47,50,51). The van der Waals surface area contributed by atoms with Gasteiger partial charge >= 0.3 is 6.09 Å². The summed E-state index contributed by atoms with van der Waals surface area (Å²) < 4.78 is 22.1. The lowest BCUT2D eigenvalue weighted by atomic mass is 9.92. The summed E-state index contributed by atoms with van der Waals surface area (Å²) in [6, 6.07) is 19.0. The topological polar surface area (TPSA) is 143 Å². The molecule has 1 atom stereocenters. The number of halogens is 1. The van der Waals surface area contributed by atoms with Crippen molar-refractivity contribution in [2.24, 2.45) is 0 Å². The number of piperidine rings is 2. The molecular weight excluding hydrogens is 675 g/mol. The molecule has 3 N–H and O–H groups in total. The van der Waals surface area contributed by atoms with Crippen LogP contribution in [0.1, 0.15) is 69.2 Å². The van der Waals surface area contributed by atoms with Crippen LogP contribution in [-0.2, 0) is 27.4 Å². The number of alkyl carbamates (subject to hydrolysis) is 1. The number of nitrogens with one attached hydrogen (secondary N) is 3. The Morgan fingerprint density at radius 1 is 0.962 bits per heavy atom. The average Bonchev–Trinajstić information content (AvgIpc) is 3.57. The van der Waals surface area contributed by atoms with Crippen LogP contribution < -0.4 is 16.0 Å². The number of nitrogens with zero attached hydrogens (tertiary/aromatic N) is 5. The van der Waals surface area contributed by atoms with Crippen molar-refractivity contribution in [3.63, 3.8) is 0 Å². The first-order valence-corrected chi connectivity index (χ1v) is 17.9. The van der Waals surface area contributed by atoms with Gasteiger partial charge in [-0.2, -0.15) is 5.10 Å². The number of hydrogen-bond acceptors (Lipinski definition) is 9. The minimum absolute atomic E-state index is 0.00471. The highest BCUT2D eigenvalue weighted by atomic mass is 19.1. The van der Waals surface area contributed by atoms with Crippen LogP contribution in [0.4, 0.5) is 14.9 Å². The van der Waals surface area contributed by atoms with E-state index >= 15 is 4.39 Å². The number of carbonyl (C=O) groups excluding carboxylic acids is 3. The number of benzene rings is 2. The fourth-order valence-electron chi connectivity index (χ4n) is 6.84. The molecule has 12 nitrogen and oxygen atoms in total. The second-order valence-corrected chi connectivity index (χ2v) is 14.7. The van der Waals surface area contributed by atoms with E-state index in [0.29, 0.717) is 35.6 Å². The quantitative estimate of drug-likeness (QED) is 0.152. The van der Waals surface area contributed by atoms with Crippen molar-refractivity contribution >= 4 is 29.1 Å². The van der Waals surface area contributed by atoms with Crippen LogP contribution in [0.5, 0.6) is 0 Å². The highest BCUT2D eigenvalue weighted by Crippen LogP contribution is 2.31. The van der Waals surface area contributed by atoms with Gasteiger partial charge in [0.2, 0.25) is 11.8 Å².